The lowest BCUT2D eigenvalue weighted by atomic mass is 10.2. The van der Waals surface area contributed by atoms with Gasteiger partial charge in [-0.1, -0.05) is 18.2 Å². The number of hydrogen-bond acceptors (Lipinski definition) is 7. The third-order valence-electron chi connectivity index (χ3n) is 5.39. The van der Waals surface area contributed by atoms with Crippen LogP contribution in [0.25, 0.3) is 6.08 Å². The van der Waals surface area contributed by atoms with Gasteiger partial charge in [-0.3, -0.25) is 4.79 Å². The zero-order chi connectivity index (χ0) is 28.0. The van der Waals surface area contributed by atoms with E-state index in [1.165, 1.54) is 25.1 Å². The molecule has 0 aromatic heterocycles. The first-order chi connectivity index (χ1) is 18.9. The molecule has 1 N–H and O–H groups in total. The van der Waals surface area contributed by atoms with Crippen LogP contribution in [0.3, 0.4) is 0 Å². The second kappa shape index (κ2) is 15.0. The molecule has 0 aliphatic heterocycles. The van der Waals surface area contributed by atoms with Gasteiger partial charge in [-0.05, 0) is 79.6 Å². The monoisotopic (exact) mass is 537 g/mol. The maximum Gasteiger partial charge on any atom is 0.331 e. The number of rotatable bonds is 14. The zero-order valence-electron chi connectivity index (χ0n) is 22.1. The normalized spacial score (nSPS) is 11.5. The number of ether oxygens (including phenoxy) is 5. The lowest BCUT2D eigenvalue weighted by Crippen LogP contribution is -2.35. The van der Waals surface area contributed by atoms with E-state index in [1.54, 1.807) is 55.7 Å². The maximum atomic E-state index is 13.0. The number of carbonyl (C=O) groups excluding carboxylic acids is 2. The van der Waals surface area contributed by atoms with Gasteiger partial charge in [-0.25, -0.2) is 9.18 Å². The zero-order valence-corrected chi connectivity index (χ0v) is 22.1. The van der Waals surface area contributed by atoms with Crippen molar-refractivity contribution in [2.45, 2.75) is 26.5 Å². The van der Waals surface area contributed by atoms with E-state index < -0.39 is 18.0 Å². The molecular weight excluding hydrogens is 505 g/mol. The van der Waals surface area contributed by atoms with Crippen molar-refractivity contribution < 1.29 is 37.7 Å². The fraction of sp³-hybridized carbons (Fsp3) is 0.267. The molecule has 0 saturated heterocycles. The summed E-state index contributed by atoms with van der Waals surface area (Å²) < 4.78 is 40.3. The molecular formula is C30H32FNO7. The highest BCUT2D eigenvalue weighted by atomic mass is 19.1. The van der Waals surface area contributed by atoms with Crippen molar-refractivity contribution in [3.8, 4) is 23.0 Å². The van der Waals surface area contributed by atoms with Crippen molar-refractivity contribution in [1.29, 1.82) is 0 Å². The van der Waals surface area contributed by atoms with Gasteiger partial charge < -0.3 is 29.0 Å². The van der Waals surface area contributed by atoms with Crippen molar-refractivity contribution in [2.24, 2.45) is 0 Å². The van der Waals surface area contributed by atoms with E-state index >= 15 is 0 Å². The van der Waals surface area contributed by atoms with Crippen LogP contribution in [0.1, 0.15) is 25.0 Å². The van der Waals surface area contributed by atoms with Crippen LogP contribution in [0.15, 0.2) is 72.8 Å². The van der Waals surface area contributed by atoms with Gasteiger partial charge in [0.1, 0.15) is 30.5 Å². The Morgan fingerprint density at radius 3 is 2.28 bits per heavy atom. The molecule has 0 spiro atoms. The number of nitrogens with one attached hydrogen (secondary N) is 1. The Kier molecular flexibility index (Phi) is 11.2. The van der Waals surface area contributed by atoms with E-state index in [4.69, 9.17) is 23.7 Å². The molecule has 0 aliphatic carbocycles. The van der Waals surface area contributed by atoms with Gasteiger partial charge in [0, 0.05) is 12.6 Å². The maximum absolute atomic E-state index is 13.0. The number of halogens is 1. The molecule has 3 aromatic carbocycles. The summed E-state index contributed by atoms with van der Waals surface area (Å²) in [5.41, 5.74) is 1.57. The summed E-state index contributed by atoms with van der Waals surface area (Å²) in [6, 6.07) is 18.2. The first kappa shape index (κ1) is 29.0. The highest BCUT2D eigenvalue weighted by molar-refractivity contribution is 5.90. The highest BCUT2D eigenvalue weighted by Gasteiger charge is 2.16. The number of hydrogen-bond donors (Lipinski definition) is 1. The van der Waals surface area contributed by atoms with E-state index in [2.05, 4.69) is 5.32 Å². The van der Waals surface area contributed by atoms with E-state index in [9.17, 15) is 14.0 Å². The summed E-state index contributed by atoms with van der Waals surface area (Å²) in [4.78, 5) is 24.6. The first-order valence-corrected chi connectivity index (χ1v) is 12.4. The molecule has 9 heteroatoms. The minimum absolute atomic E-state index is 0.247. The molecule has 0 radical (unpaired) electrons. The van der Waals surface area contributed by atoms with Crippen molar-refractivity contribution in [2.75, 3.05) is 26.9 Å². The highest BCUT2D eigenvalue weighted by Crippen LogP contribution is 2.29. The van der Waals surface area contributed by atoms with Crippen LogP contribution in [-0.4, -0.2) is 44.9 Å². The van der Waals surface area contributed by atoms with Gasteiger partial charge in [0.25, 0.3) is 5.91 Å². The van der Waals surface area contributed by atoms with E-state index in [0.29, 0.717) is 36.0 Å². The molecule has 0 fully saturated rings. The van der Waals surface area contributed by atoms with Crippen LogP contribution in [-0.2, 0) is 20.9 Å². The largest absolute Gasteiger partial charge is 0.497 e. The number of carbonyl (C=O) groups is 2. The van der Waals surface area contributed by atoms with Gasteiger partial charge in [0.15, 0.2) is 17.6 Å². The summed E-state index contributed by atoms with van der Waals surface area (Å²) in [5.74, 6) is 0.893. The first-order valence-electron chi connectivity index (χ1n) is 12.4. The van der Waals surface area contributed by atoms with Crippen molar-refractivity contribution in [1.82, 2.24) is 5.32 Å². The minimum Gasteiger partial charge on any atom is -0.497 e. The van der Waals surface area contributed by atoms with Gasteiger partial charge in [0.05, 0.1) is 13.7 Å². The molecule has 3 aromatic rings. The molecule has 39 heavy (non-hydrogen) atoms. The Hall–Kier alpha value is -4.53. The van der Waals surface area contributed by atoms with E-state index in [0.717, 1.165) is 11.3 Å². The molecule has 0 saturated carbocycles. The third-order valence-corrected chi connectivity index (χ3v) is 5.39. The van der Waals surface area contributed by atoms with Crippen LogP contribution in [0.5, 0.6) is 23.0 Å². The smallest absolute Gasteiger partial charge is 0.331 e. The lowest BCUT2D eigenvalue weighted by Gasteiger charge is -2.13. The summed E-state index contributed by atoms with van der Waals surface area (Å²) in [6.07, 6.45) is 1.84. The fourth-order valence-corrected chi connectivity index (χ4v) is 3.37. The Balaban J connectivity index is 1.47. The van der Waals surface area contributed by atoms with Crippen molar-refractivity contribution in [3.63, 3.8) is 0 Å². The van der Waals surface area contributed by atoms with Crippen LogP contribution >= 0.6 is 0 Å². The van der Waals surface area contributed by atoms with Crippen molar-refractivity contribution in [3.05, 3.63) is 89.8 Å². The Morgan fingerprint density at radius 1 is 0.897 bits per heavy atom. The molecule has 0 heterocycles. The minimum atomic E-state index is -0.965. The summed E-state index contributed by atoms with van der Waals surface area (Å²) >= 11 is 0. The van der Waals surface area contributed by atoms with Gasteiger partial charge in [-0.15, -0.1) is 0 Å². The SMILES string of the molecule is CCOc1cc(/C=C/C(=O)O[C@@H](C)C(=O)NCc2ccc(OC)cc2)ccc1OCCOc1ccc(F)cc1. The number of amides is 1. The number of methoxy groups -OCH3 is 1. The third kappa shape index (κ3) is 9.70. The molecule has 3 rings (SSSR count). The molecule has 1 atom stereocenters. The van der Waals surface area contributed by atoms with Crippen LogP contribution < -0.4 is 24.3 Å². The molecule has 0 aliphatic rings. The summed E-state index contributed by atoms with van der Waals surface area (Å²) in [6.45, 7) is 4.58. The molecule has 1 amide bonds. The second-order valence-corrected chi connectivity index (χ2v) is 8.27. The summed E-state index contributed by atoms with van der Waals surface area (Å²) in [5, 5.41) is 2.74. The van der Waals surface area contributed by atoms with Gasteiger partial charge in [0.2, 0.25) is 0 Å². The molecule has 0 unspecified atom stereocenters. The molecule has 8 nitrogen and oxygen atoms in total. The Bertz CT molecular complexity index is 1240. The topological polar surface area (TPSA) is 92.3 Å². The van der Waals surface area contributed by atoms with E-state index in [-0.39, 0.29) is 19.0 Å². The molecule has 206 valence electrons. The quantitative estimate of drug-likeness (QED) is 0.177. The standard InChI is InChI=1S/C30H32FNO7/c1-4-36-28-19-22(7-15-27(28)38-18-17-37-26-13-9-24(31)10-14-26)8-16-29(33)39-21(2)30(34)32-20-23-5-11-25(35-3)12-6-23/h5-16,19,21H,4,17-18,20H2,1-3H3,(H,32,34)/b16-8+/t21-/m0/s1. The van der Waals surface area contributed by atoms with Crippen molar-refractivity contribution >= 4 is 18.0 Å². The molecule has 0 bridgehead atoms. The van der Waals surface area contributed by atoms with Crippen LogP contribution in [0, 0.1) is 5.82 Å². The predicted octanol–water partition coefficient (Wildman–Crippen LogP) is 4.95. The number of benzene rings is 3. The van der Waals surface area contributed by atoms with E-state index in [1.807, 2.05) is 19.1 Å². The second-order valence-electron chi connectivity index (χ2n) is 8.27. The average Bonchev–Trinajstić information content (AvgIpc) is 2.95. The lowest BCUT2D eigenvalue weighted by molar-refractivity contribution is -0.150. The van der Waals surface area contributed by atoms with Gasteiger partial charge in [-0.2, -0.15) is 0 Å². The Labute approximate surface area is 227 Å². The average molecular weight is 538 g/mol. The van der Waals surface area contributed by atoms with Crippen LogP contribution in [0.4, 0.5) is 4.39 Å². The van der Waals surface area contributed by atoms with Gasteiger partial charge >= 0.3 is 5.97 Å². The van der Waals surface area contributed by atoms with Crippen LogP contribution in [0.2, 0.25) is 0 Å². The summed E-state index contributed by atoms with van der Waals surface area (Å²) in [7, 11) is 1.58. The Morgan fingerprint density at radius 2 is 1.59 bits per heavy atom. The fourth-order valence-electron chi connectivity index (χ4n) is 3.37. The number of esters is 1. The predicted molar refractivity (Wildman–Crippen MR) is 144 cm³/mol.